The first-order valence-electron chi connectivity index (χ1n) is 10.8. The molecule has 1 aromatic heterocycles. The first-order chi connectivity index (χ1) is 14.3. The van der Waals surface area contributed by atoms with Crippen molar-refractivity contribution in [2.75, 3.05) is 71.0 Å². The van der Waals surface area contributed by atoms with Crippen LogP contribution in [-0.2, 0) is 11.2 Å². The van der Waals surface area contributed by atoms with Crippen LogP contribution in [0.2, 0.25) is 0 Å². The first kappa shape index (κ1) is 18.8. The van der Waals surface area contributed by atoms with Crippen LogP contribution in [0.25, 0.3) is 17.3 Å². The number of morpholine rings is 1. The lowest BCUT2D eigenvalue weighted by molar-refractivity contribution is 0.0422. The van der Waals surface area contributed by atoms with Gasteiger partial charge in [0, 0.05) is 68.8 Å². The third-order valence-electron chi connectivity index (χ3n) is 6.36. The van der Waals surface area contributed by atoms with Gasteiger partial charge in [-0.15, -0.1) is 0 Å². The van der Waals surface area contributed by atoms with Gasteiger partial charge in [-0.05, 0) is 37.2 Å². The van der Waals surface area contributed by atoms with Crippen molar-refractivity contribution >= 4 is 11.8 Å². The number of rotatable bonds is 4. The molecule has 0 spiro atoms. The molecule has 0 bridgehead atoms. The van der Waals surface area contributed by atoms with Crippen LogP contribution in [0.3, 0.4) is 0 Å². The van der Waals surface area contributed by atoms with Crippen LogP contribution in [0.4, 0.5) is 5.69 Å². The fraction of sp³-hybridized carbons (Fsp3) is 0.458. The summed E-state index contributed by atoms with van der Waals surface area (Å²) in [6.45, 7) is 9.23. The lowest BCUT2D eigenvalue weighted by Gasteiger charge is -2.34. The number of nitrogens with zero attached hydrogens (tertiary/aromatic N) is 4. The van der Waals surface area contributed by atoms with Crippen LogP contribution in [0, 0.1) is 0 Å². The molecule has 0 amide bonds. The van der Waals surface area contributed by atoms with E-state index in [0.29, 0.717) is 0 Å². The van der Waals surface area contributed by atoms with Crippen molar-refractivity contribution in [3.63, 3.8) is 0 Å². The van der Waals surface area contributed by atoms with Crippen LogP contribution >= 0.6 is 0 Å². The summed E-state index contributed by atoms with van der Waals surface area (Å²) in [5, 5.41) is 0. The van der Waals surface area contributed by atoms with E-state index < -0.39 is 0 Å². The molecular formula is C24H30N4O. The molecule has 5 heteroatoms. The lowest BCUT2D eigenvalue weighted by Crippen LogP contribution is -2.44. The Hall–Kier alpha value is -2.21. The Labute approximate surface area is 173 Å². The number of hydrogen-bond donors (Lipinski definition) is 0. The molecular weight excluding hydrogens is 360 g/mol. The second-order valence-corrected chi connectivity index (χ2v) is 8.44. The maximum atomic E-state index is 5.49. The van der Waals surface area contributed by atoms with Gasteiger partial charge in [-0.25, -0.2) is 0 Å². The monoisotopic (exact) mass is 390 g/mol. The Morgan fingerprint density at radius 2 is 1.83 bits per heavy atom. The largest absolute Gasteiger partial charge is 0.379 e. The number of anilines is 1. The van der Waals surface area contributed by atoms with E-state index in [1.807, 2.05) is 6.20 Å². The highest BCUT2D eigenvalue weighted by Crippen LogP contribution is 2.34. The Bertz CT molecular complexity index is 896. The predicted molar refractivity (Wildman–Crippen MR) is 118 cm³/mol. The van der Waals surface area contributed by atoms with Crippen molar-refractivity contribution < 1.29 is 4.74 Å². The minimum Gasteiger partial charge on any atom is -0.379 e. The molecule has 0 radical (unpaired) electrons. The van der Waals surface area contributed by atoms with Crippen LogP contribution in [0.5, 0.6) is 0 Å². The van der Waals surface area contributed by atoms with Gasteiger partial charge < -0.3 is 14.5 Å². The van der Waals surface area contributed by atoms with Crippen LogP contribution in [0.15, 0.2) is 42.1 Å². The minimum absolute atomic E-state index is 0.853. The fourth-order valence-corrected chi connectivity index (χ4v) is 4.62. The minimum atomic E-state index is 0.853. The quantitative estimate of drug-likeness (QED) is 0.802. The summed E-state index contributed by atoms with van der Waals surface area (Å²) in [6.07, 6.45) is 5.40. The van der Waals surface area contributed by atoms with Crippen molar-refractivity contribution in [3.8, 4) is 11.3 Å². The molecule has 3 heterocycles. The second kappa shape index (κ2) is 8.27. The van der Waals surface area contributed by atoms with E-state index in [4.69, 9.17) is 9.72 Å². The maximum Gasteiger partial charge on any atom is 0.0777 e. The van der Waals surface area contributed by atoms with Crippen LogP contribution in [0.1, 0.15) is 11.1 Å². The number of hydrogen-bond acceptors (Lipinski definition) is 5. The average Bonchev–Trinajstić information content (AvgIpc) is 3.17. The third kappa shape index (κ3) is 4.08. The molecule has 5 rings (SSSR count). The Balaban J connectivity index is 1.39. The van der Waals surface area contributed by atoms with Gasteiger partial charge in [0.2, 0.25) is 0 Å². The molecule has 2 aromatic rings. The molecule has 1 aromatic carbocycles. The third-order valence-corrected chi connectivity index (χ3v) is 6.36. The van der Waals surface area contributed by atoms with E-state index in [0.717, 1.165) is 71.1 Å². The SMILES string of the molecule is CN1CCN(c2cccc(-c3nccc4c3C=C(CN3CCOCC3)C4)c2)CC1. The molecule has 2 saturated heterocycles. The van der Waals surface area contributed by atoms with Gasteiger partial charge in [0.05, 0.1) is 18.9 Å². The van der Waals surface area contributed by atoms with Gasteiger partial charge in [-0.2, -0.15) is 0 Å². The van der Waals surface area contributed by atoms with Crippen molar-refractivity contribution in [3.05, 3.63) is 53.2 Å². The zero-order valence-electron chi connectivity index (χ0n) is 17.3. The fourth-order valence-electron chi connectivity index (χ4n) is 4.62. The zero-order valence-corrected chi connectivity index (χ0v) is 17.3. The molecule has 29 heavy (non-hydrogen) atoms. The molecule has 0 N–H and O–H groups in total. The number of benzene rings is 1. The highest BCUT2D eigenvalue weighted by atomic mass is 16.5. The van der Waals surface area contributed by atoms with Crippen molar-refractivity contribution in [1.29, 1.82) is 0 Å². The van der Waals surface area contributed by atoms with E-state index in [1.165, 1.54) is 28.0 Å². The summed E-state index contributed by atoms with van der Waals surface area (Å²) in [5.74, 6) is 0. The average molecular weight is 391 g/mol. The summed E-state index contributed by atoms with van der Waals surface area (Å²) in [4.78, 5) is 12.2. The topological polar surface area (TPSA) is 31.8 Å². The number of aromatic nitrogens is 1. The van der Waals surface area contributed by atoms with Gasteiger partial charge in [-0.3, -0.25) is 9.88 Å². The van der Waals surface area contributed by atoms with Gasteiger partial charge in [-0.1, -0.05) is 23.8 Å². The van der Waals surface area contributed by atoms with Crippen molar-refractivity contribution in [2.24, 2.45) is 0 Å². The van der Waals surface area contributed by atoms with E-state index >= 15 is 0 Å². The number of piperazine rings is 1. The molecule has 5 nitrogen and oxygen atoms in total. The van der Waals surface area contributed by atoms with Crippen LogP contribution < -0.4 is 4.90 Å². The van der Waals surface area contributed by atoms with Gasteiger partial charge in [0.25, 0.3) is 0 Å². The van der Waals surface area contributed by atoms with E-state index in [2.05, 4.69) is 58.2 Å². The molecule has 0 saturated carbocycles. The number of pyridine rings is 1. The zero-order chi connectivity index (χ0) is 19.6. The summed E-state index contributed by atoms with van der Waals surface area (Å²) in [6, 6.07) is 11.1. The van der Waals surface area contributed by atoms with Crippen molar-refractivity contribution in [1.82, 2.24) is 14.8 Å². The molecule has 3 aliphatic rings. The highest BCUT2D eigenvalue weighted by molar-refractivity contribution is 5.79. The molecule has 2 fully saturated rings. The Morgan fingerprint density at radius 1 is 1.00 bits per heavy atom. The van der Waals surface area contributed by atoms with E-state index in [1.54, 1.807) is 0 Å². The molecule has 1 aliphatic carbocycles. The molecule has 0 unspecified atom stereocenters. The predicted octanol–water partition coefficient (Wildman–Crippen LogP) is 2.77. The standard InChI is InChI=1S/C24H30N4O/c1-26-7-9-28(10-8-26)22-4-2-3-21(17-22)24-23-16-19(15-20(23)5-6-25-24)18-27-11-13-29-14-12-27/h2-6,16-17H,7-15,18H2,1H3. The molecule has 152 valence electrons. The highest BCUT2D eigenvalue weighted by Gasteiger charge is 2.21. The maximum absolute atomic E-state index is 5.49. The smallest absolute Gasteiger partial charge is 0.0777 e. The van der Waals surface area contributed by atoms with Gasteiger partial charge in [0.1, 0.15) is 0 Å². The van der Waals surface area contributed by atoms with E-state index in [9.17, 15) is 0 Å². The molecule has 0 atom stereocenters. The summed E-state index contributed by atoms with van der Waals surface area (Å²) in [7, 11) is 2.20. The van der Waals surface area contributed by atoms with Gasteiger partial charge in [0.15, 0.2) is 0 Å². The normalized spacial score (nSPS) is 20.6. The van der Waals surface area contributed by atoms with Crippen LogP contribution in [-0.4, -0.2) is 80.9 Å². The molecule has 2 aliphatic heterocycles. The number of ether oxygens (including phenoxy) is 1. The number of fused-ring (bicyclic) bond motifs is 1. The second-order valence-electron chi connectivity index (χ2n) is 8.44. The van der Waals surface area contributed by atoms with Crippen molar-refractivity contribution in [2.45, 2.75) is 6.42 Å². The lowest BCUT2D eigenvalue weighted by atomic mass is 10.0. The van der Waals surface area contributed by atoms with E-state index in [-0.39, 0.29) is 0 Å². The Morgan fingerprint density at radius 3 is 2.66 bits per heavy atom. The summed E-state index contributed by atoms with van der Waals surface area (Å²) in [5.41, 5.74) is 7.86. The summed E-state index contributed by atoms with van der Waals surface area (Å²) < 4.78 is 5.49. The number of likely N-dealkylation sites (N-methyl/N-ethyl adjacent to an activating group) is 1. The summed E-state index contributed by atoms with van der Waals surface area (Å²) >= 11 is 0. The van der Waals surface area contributed by atoms with Gasteiger partial charge >= 0.3 is 0 Å². The first-order valence-corrected chi connectivity index (χ1v) is 10.8. The Kier molecular flexibility index (Phi) is 5.36.